The maximum absolute atomic E-state index is 13.4. The molecule has 146 valence electrons. The molecule has 8 heteroatoms. The Morgan fingerprint density at radius 1 is 0.931 bits per heavy atom. The van der Waals surface area contributed by atoms with E-state index in [1.54, 1.807) is 0 Å². The van der Waals surface area contributed by atoms with Crippen molar-refractivity contribution in [2.45, 2.75) is 13.1 Å². The van der Waals surface area contributed by atoms with Gasteiger partial charge in [0.2, 0.25) is 0 Å². The molecule has 0 aliphatic heterocycles. The van der Waals surface area contributed by atoms with Gasteiger partial charge in [0.15, 0.2) is 5.43 Å². The first kappa shape index (κ1) is 18.8. The molecule has 0 aliphatic rings. The lowest BCUT2D eigenvalue weighted by Crippen LogP contribution is -2.09. The summed E-state index contributed by atoms with van der Waals surface area (Å²) >= 11 is 0. The van der Waals surface area contributed by atoms with Gasteiger partial charge in [0.25, 0.3) is 0 Å². The van der Waals surface area contributed by atoms with Crippen LogP contribution in [0.1, 0.15) is 11.4 Å². The van der Waals surface area contributed by atoms with E-state index in [1.807, 2.05) is 0 Å². The van der Waals surface area contributed by atoms with E-state index < -0.39 is 17.7 Å². The van der Waals surface area contributed by atoms with E-state index in [9.17, 15) is 22.4 Å². The molecule has 4 rings (SSSR count). The van der Waals surface area contributed by atoms with Crippen molar-refractivity contribution in [1.82, 2.24) is 15.0 Å². The Labute approximate surface area is 161 Å². The quantitative estimate of drug-likeness (QED) is 0.476. The third kappa shape index (κ3) is 3.61. The molecule has 4 aromatic rings. The van der Waals surface area contributed by atoms with Crippen LogP contribution in [0.5, 0.6) is 0 Å². The monoisotopic (exact) mass is 399 g/mol. The lowest BCUT2D eigenvalue weighted by atomic mass is 9.97. The molecule has 0 spiro atoms. The number of rotatable bonds is 2. The number of halogens is 4. The predicted molar refractivity (Wildman–Crippen MR) is 101 cm³/mol. The second-order valence-corrected chi connectivity index (χ2v) is 6.51. The minimum absolute atomic E-state index is 0.168. The second-order valence-electron chi connectivity index (χ2n) is 6.51. The zero-order valence-electron chi connectivity index (χ0n) is 15.0. The molecule has 4 nitrogen and oxygen atoms in total. The van der Waals surface area contributed by atoms with Crippen molar-refractivity contribution >= 4 is 11.0 Å². The van der Waals surface area contributed by atoms with Crippen molar-refractivity contribution in [1.29, 1.82) is 0 Å². The fourth-order valence-electron chi connectivity index (χ4n) is 3.11. The predicted octanol–water partition coefficient (Wildman–Crippen LogP) is 5.12. The van der Waals surface area contributed by atoms with Crippen LogP contribution in [-0.4, -0.2) is 15.0 Å². The van der Waals surface area contributed by atoms with Gasteiger partial charge in [0, 0.05) is 29.1 Å². The first-order chi connectivity index (χ1) is 13.7. The lowest BCUT2D eigenvalue weighted by molar-refractivity contribution is -0.141. The number of aromatic nitrogens is 3. The normalized spacial score (nSPS) is 11.8. The molecule has 0 saturated carbocycles. The largest absolute Gasteiger partial charge is 0.433 e. The molecule has 3 aromatic heterocycles. The minimum atomic E-state index is -4.63. The molecule has 29 heavy (non-hydrogen) atoms. The molecule has 0 aliphatic carbocycles. The van der Waals surface area contributed by atoms with Crippen LogP contribution >= 0.6 is 0 Å². The van der Waals surface area contributed by atoms with Crippen LogP contribution < -0.4 is 5.43 Å². The Balaban J connectivity index is 2.06. The van der Waals surface area contributed by atoms with Gasteiger partial charge in [0.05, 0.1) is 11.1 Å². The molecular weight excluding hydrogens is 386 g/mol. The van der Waals surface area contributed by atoms with E-state index in [2.05, 4.69) is 15.0 Å². The topological polar surface area (TPSA) is 58.6 Å². The fourth-order valence-corrected chi connectivity index (χ4v) is 3.11. The average Bonchev–Trinajstić information content (AvgIpc) is 2.67. The van der Waals surface area contributed by atoms with Crippen molar-refractivity contribution in [2.75, 3.05) is 0 Å². The average molecular weight is 399 g/mol. The highest BCUT2D eigenvalue weighted by Gasteiger charge is 2.33. The van der Waals surface area contributed by atoms with Crippen molar-refractivity contribution in [2.24, 2.45) is 0 Å². The summed E-state index contributed by atoms with van der Waals surface area (Å²) in [7, 11) is 0. The Kier molecular flexibility index (Phi) is 4.41. The zero-order valence-corrected chi connectivity index (χ0v) is 15.0. The number of pyridine rings is 3. The summed E-state index contributed by atoms with van der Waals surface area (Å²) < 4.78 is 53.2. The van der Waals surface area contributed by atoms with Crippen molar-refractivity contribution < 1.29 is 17.6 Å². The van der Waals surface area contributed by atoms with Gasteiger partial charge in [-0.25, -0.2) is 14.4 Å². The molecule has 0 saturated heterocycles. The highest BCUT2D eigenvalue weighted by atomic mass is 19.4. The Bertz CT molecular complexity index is 1280. The maximum atomic E-state index is 13.4. The molecular formula is C21H13F4N3O. The maximum Gasteiger partial charge on any atom is 0.433 e. The summed E-state index contributed by atoms with van der Waals surface area (Å²) in [6, 6.07) is 10.6. The highest BCUT2D eigenvalue weighted by molar-refractivity contribution is 5.90. The van der Waals surface area contributed by atoms with E-state index in [4.69, 9.17) is 0 Å². The number of hydrogen-bond acceptors (Lipinski definition) is 3. The zero-order chi connectivity index (χ0) is 20.8. The van der Waals surface area contributed by atoms with Gasteiger partial charge in [-0.05, 0) is 55.0 Å². The summed E-state index contributed by atoms with van der Waals surface area (Å²) in [6.45, 7) is 1.46. The Morgan fingerprint density at radius 3 is 2.34 bits per heavy atom. The molecule has 3 heterocycles. The molecule has 0 amide bonds. The van der Waals surface area contributed by atoms with E-state index in [0.717, 1.165) is 6.07 Å². The van der Waals surface area contributed by atoms with Gasteiger partial charge in [-0.1, -0.05) is 0 Å². The number of H-pyrrole nitrogens is 1. The number of hydrogen-bond donors (Lipinski definition) is 1. The van der Waals surface area contributed by atoms with Gasteiger partial charge in [-0.2, -0.15) is 13.2 Å². The van der Waals surface area contributed by atoms with Crippen molar-refractivity contribution in [3.05, 3.63) is 82.2 Å². The first-order valence-electron chi connectivity index (χ1n) is 8.57. The number of benzene rings is 1. The number of nitrogens with zero attached hydrogens (tertiary/aromatic N) is 2. The number of aryl methyl sites for hydroxylation is 1. The number of nitrogens with one attached hydrogen (secondary N) is 1. The van der Waals surface area contributed by atoms with Crippen LogP contribution in [-0.2, 0) is 6.18 Å². The Morgan fingerprint density at radius 2 is 1.66 bits per heavy atom. The van der Waals surface area contributed by atoms with Gasteiger partial charge < -0.3 is 4.98 Å². The van der Waals surface area contributed by atoms with Crippen LogP contribution in [0.3, 0.4) is 0 Å². The first-order valence-corrected chi connectivity index (χ1v) is 8.57. The molecule has 0 fully saturated rings. The standard InChI is InChI=1S/C21H13F4N3O/c1-11-8-13(9-18(27-11)21(23,24)25)15-10-16-17(29)6-7-26-20(16)28-19(15)12-2-4-14(22)5-3-12/h2-10H,1H3,(H,26,28,29). The summed E-state index contributed by atoms with van der Waals surface area (Å²) in [5, 5.41) is 0.233. The third-order valence-corrected chi connectivity index (χ3v) is 4.42. The van der Waals surface area contributed by atoms with E-state index in [1.165, 1.54) is 55.6 Å². The SMILES string of the molecule is Cc1cc(-c2cc3c(=O)cc[nH]c3nc2-c2ccc(F)cc2)cc(C(F)(F)F)n1. The second kappa shape index (κ2) is 6.80. The van der Waals surface area contributed by atoms with Crippen molar-refractivity contribution in [3.8, 4) is 22.4 Å². The molecule has 1 aromatic carbocycles. The minimum Gasteiger partial charge on any atom is -0.346 e. The number of alkyl halides is 3. The van der Waals surface area contributed by atoms with Crippen LogP contribution in [0.4, 0.5) is 17.6 Å². The van der Waals surface area contributed by atoms with Gasteiger partial charge in [0.1, 0.15) is 17.2 Å². The number of aromatic amines is 1. The summed E-state index contributed by atoms with van der Waals surface area (Å²) in [4.78, 5) is 23.1. The summed E-state index contributed by atoms with van der Waals surface area (Å²) in [6.07, 6.45) is -3.19. The van der Waals surface area contributed by atoms with E-state index >= 15 is 0 Å². The fraction of sp³-hybridized carbons (Fsp3) is 0.0952. The molecule has 0 radical (unpaired) electrons. The van der Waals surface area contributed by atoms with Gasteiger partial charge >= 0.3 is 6.18 Å². The van der Waals surface area contributed by atoms with Crippen LogP contribution in [0.2, 0.25) is 0 Å². The van der Waals surface area contributed by atoms with Gasteiger partial charge in [-0.15, -0.1) is 0 Å². The molecule has 0 bridgehead atoms. The van der Waals surface area contributed by atoms with Crippen LogP contribution in [0, 0.1) is 12.7 Å². The Hall–Kier alpha value is -3.55. The van der Waals surface area contributed by atoms with Crippen LogP contribution in [0.25, 0.3) is 33.4 Å². The third-order valence-electron chi connectivity index (χ3n) is 4.42. The highest BCUT2D eigenvalue weighted by Crippen LogP contribution is 2.36. The van der Waals surface area contributed by atoms with Crippen LogP contribution in [0.15, 0.2) is 59.5 Å². The molecule has 0 unspecified atom stereocenters. The summed E-state index contributed by atoms with van der Waals surface area (Å²) in [5.74, 6) is -0.455. The van der Waals surface area contributed by atoms with E-state index in [-0.39, 0.29) is 27.7 Å². The summed E-state index contributed by atoms with van der Waals surface area (Å²) in [5.41, 5.74) is 0.427. The van der Waals surface area contributed by atoms with Crippen molar-refractivity contribution in [3.63, 3.8) is 0 Å². The van der Waals surface area contributed by atoms with Gasteiger partial charge in [-0.3, -0.25) is 4.79 Å². The van der Waals surface area contributed by atoms with E-state index in [0.29, 0.717) is 16.8 Å². The molecule has 1 N–H and O–H groups in total. The molecule has 0 atom stereocenters. The lowest BCUT2D eigenvalue weighted by Gasteiger charge is -2.14. The number of fused-ring (bicyclic) bond motifs is 1. The smallest absolute Gasteiger partial charge is 0.346 e.